The summed E-state index contributed by atoms with van der Waals surface area (Å²) in [4.78, 5) is 2.56. The van der Waals surface area contributed by atoms with Crippen molar-refractivity contribution in [2.24, 2.45) is 5.92 Å². The lowest BCUT2D eigenvalue weighted by Gasteiger charge is -2.36. The number of piperidine rings is 1. The molecule has 1 heterocycles. The maximum atomic E-state index is 9.82. The molecule has 0 radical (unpaired) electrons. The Morgan fingerprint density at radius 1 is 1.30 bits per heavy atom. The summed E-state index contributed by atoms with van der Waals surface area (Å²) >= 11 is 0. The number of nitrogens with zero attached hydrogens (tertiary/aromatic N) is 1. The highest BCUT2D eigenvalue weighted by atomic mass is 16.3. The van der Waals surface area contributed by atoms with E-state index in [0.717, 1.165) is 13.1 Å². The van der Waals surface area contributed by atoms with Gasteiger partial charge in [-0.25, -0.2) is 0 Å². The van der Waals surface area contributed by atoms with Gasteiger partial charge in [0.1, 0.15) is 0 Å². The molecule has 1 aromatic carbocycles. The molecule has 1 N–H and O–H groups in total. The lowest BCUT2D eigenvalue weighted by atomic mass is 9.90. The third-order valence-electron chi connectivity index (χ3n) is 4.61. The lowest BCUT2D eigenvalue weighted by Crippen LogP contribution is -2.41. The molecular formula is C18H29NO. The van der Waals surface area contributed by atoms with Crippen LogP contribution in [0.25, 0.3) is 0 Å². The van der Waals surface area contributed by atoms with Crippen molar-refractivity contribution < 1.29 is 5.11 Å². The number of aliphatic hydroxyl groups is 1. The van der Waals surface area contributed by atoms with Crippen molar-refractivity contribution in [1.29, 1.82) is 0 Å². The van der Waals surface area contributed by atoms with E-state index in [2.05, 4.69) is 42.2 Å². The van der Waals surface area contributed by atoms with Crippen LogP contribution in [0.4, 0.5) is 0 Å². The van der Waals surface area contributed by atoms with Crippen LogP contribution in [0.15, 0.2) is 30.3 Å². The number of aliphatic hydroxyl groups excluding tert-OH is 1. The van der Waals surface area contributed by atoms with Gasteiger partial charge in [0.2, 0.25) is 0 Å². The predicted octanol–water partition coefficient (Wildman–Crippen LogP) is 3.66. The van der Waals surface area contributed by atoms with Gasteiger partial charge in [-0.15, -0.1) is 0 Å². The Labute approximate surface area is 123 Å². The first-order chi connectivity index (χ1) is 9.70. The summed E-state index contributed by atoms with van der Waals surface area (Å²) in [5, 5.41) is 9.82. The fourth-order valence-electron chi connectivity index (χ4n) is 3.40. The Hall–Kier alpha value is -0.860. The zero-order valence-corrected chi connectivity index (χ0v) is 13.0. The second-order valence-corrected chi connectivity index (χ2v) is 6.30. The van der Waals surface area contributed by atoms with Crippen LogP contribution in [-0.4, -0.2) is 35.7 Å². The Kier molecular flexibility index (Phi) is 6.06. The summed E-state index contributed by atoms with van der Waals surface area (Å²) in [6, 6.07) is 10.9. The number of hydrogen-bond acceptors (Lipinski definition) is 2. The molecular weight excluding hydrogens is 246 g/mol. The Morgan fingerprint density at radius 3 is 2.70 bits per heavy atom. The van der Waals surface area contributed by atoms with Crippen LogP contribution >= 0.6 is 0 Å². The van der Waals surface area contributed by atoms with Gasteiger partial charge in [0.05, 0.1) is 6.10 Å². The van der Waals surface area contributed by atoms with E-state index in [1.54, 1.807) is 0 Å². The van der Waals surface area contributed by atoms with Crippen LogP contribution in [0.2, 0.25) is 0 Å². The minimum atomic E-state index is -0.167. The van der Waals surface area contributed by atoms with Gasteiger partial charge in [0, 0.05) is 13.1 Å². The van der Waals surface area contributed by atoms with E-state index in [0.29, 0.717) is 11.8 Å². The summed E-state index contributed by atoms with van der Waals surface area (Å²) in [5.41, 5.74) is 1.47. The molecule has 1 aromatic rings. The summed E-state index contributed by atoms with van der Waals surface area (Å²) < 4.78 is 0. The summed E-state index contributed by atoms with van der Waals surface area (Å²) in [5.74, 6) is 1.09. The van der Waals surface area contributed by atoms with E-state index in [-0.39, 0.29) is 6.10 Å². The van der Waals surface area contributed by atoms with Crippen LogP contribution in [0, 0.1) is 5.92 Å². The minimum Gasteiger partial charge on any atom is -0.393 e. The molecule has 2 heteroatoms. The standard InChI is InChI=1S/C18H29NO/c1-3-8-18(16-9-5-4-6-10-16)14-19-12-7-11-17(13-19)15(2)20/h4-6,9-10,15,17-18,20H,3,7-8,11-14H2,1-2H3/t15-,17-,18-/m1/s1. The van der Waals surface area contributed by atoms with Crippen molar-refractivity contribution in [3.8, 4) is 0 Å². The molecule has 2 rings (SSSR count). The highest BCUT2D eigenvalue weighted by Gasteiger charge is 2.25. The average molecular weight is 275 g/mol. The van der Waals surface area contributed by atoms with Crippen molar-refractivity contribution in [3.63, 3.8) is 0 Å². The molecule has 0 unspecified atom stereocenters. The number of likely N-dealkylation sites (tertiary alicyclic amines) is 1. The first-order valence-electron chi connectivity index (χ1n) is 8.16. The fourth-order valence-corrected chi connectivity index (χ4v) is 3.40. The molecule has 3 atom stereocenters. The van der Waals surface area contributed by atoms with Gasteiger partial charge < -0.3 is 10.0 Å². The van der Waals surface area contributed by atoms with Crippen molar-refractivity contribution in [3.05, 3.63) is 35.9 Å². The molecule has 0 aromatic heterocycles. The molecule has 2 nitrogen and oxygen atoms in total. The van der Waals surface area contributed by atoms with Crippen molar-refractivity contribution in [2.75, 3.05) is 19.6 Å². The molecule has 0 aliphatic carbocycles. The van der Waals surface area contributed by atoms with E-state index in [9.17, 15) is 5.11 Å². The van der Waals surface area contributed by atoms with Gasteiger partial charge in [0.25, 0.3) is 0 Å². The smallest absolute Gasteiger partial charge is 0.0552 e. The van der Waals surface area contributed by atoms with Crippen molar-refractivity contribution in [1.82, 2.24) is 4.90 Å². The van der Waals surface area contributed by atoms with Crippen LogP contribution in [0.5, 0.6) is 0 Å². The second kappa shape index (κ2) is 7.80. The zero-order chi connectivity index (χ0) is 14.4. The zero-order valence-electron chi connectivity index (χ0n) is 13.0. The molecule has 20 heavy (non-hydrogen) atoms. The van der Waals surface area contributed by atoms with Gasteiger partial charge in [-0.1, -0.05) is 43.7 Å². The summed E-state index contributed by atoms with van der Waals surface area (Å²) in [6.07, 6.45) is 4.72. The van der Waals surface area contributed by atoms with E-state index < -0.39 is 0 Å². The highest BCUT2D eigenvalue weighted by Crippen LogP contribution is 2.26. The molecule has 0 saturated carbocycles. The van der Waals surface area contributed by atoms with E-state index in [1.807, 2.05) is 6.92 Å². The first-order valence-corrected chi connectivity index (χ1v) is 8.16. The molecule has 0 amide bonds. The van der Waals surface area contributed by atoms with E-state index in [1.165, 1.54) is 37.8 Å². The third-order valence-corrected chi connectivity index (χ3v) is 4.61. The van der Waals surface area contributed by atoms with E-state index >= 15 is 0 Å². The van der Waals surface area contributed by atoms with Crippen LogP contribution in [0.1, 0.15) is 51.0 Å². The van der Waals surface area contributed by atoms with Crippen molar-refractivity contribution in [2.45, 2.75) is 51.6 Å². The van der Waals surface area contributed by atoms with Crippen LogP contribution in [0.3, 0.4) is 0 Å². The Morgan fingerprint density at radius 2 is 2.05 bits per heavy atom. The number of hydrogen-bond donors (Lipinski definition) is 1. The SMILES string of the molecule is CCC[C@H](CN1CCC[C@@H]([C@@H](C)O)C1)c1ccccc1. The highest BCUT2D eigenvalue weighted by molar-refractivity contribution is 5.19. The molecule has 1 aliphatic heterocycles. The van der Waals surface area contributed by atoms with Gasteiger partial charge in [-0.05, 0) is 50.1 Å². The molecule has 1 aliphatic rings. The number of rotatable bonds is 6. The molecule has 1 fully saturated rings. The second-order valence-electron chi connectivity index (χ2n) is 6.30. The topological polar surface area (TPSA) is 23.5 Å². The summed E-state index contributed by atoms with van der Waals surface area (Å²) in [6.45, 7) is 7.60. The van der Waals surface area contributed by atoms with Crippen molar-refractivity contribution >= 4 is 0 Å². The van der Waals surface area contributed by atoms with Gasteiger partial charge in [-0.3, -0.25) is 0 Å². The maximum Gasteiger partial charge on any atom is 0.0552 e. The molecule has 0 spiro atoms. The average Bonchev–Trinajstić information content (AvgIpc) is 2.48. The summed E-state index contributed by atoms with van der Waals surface area (Å²) in [7, 11) is 0. The predicted molar refractivity (Wildman–Crippen MR) is 84.9 cm³/mol. The quantitative estimate of drug-likeness (QED) is 0.856. The minimum absolute atomic E-state index is 0.167. The molecule has 112 valence electrons. The van der Waals surface area contributed by atoms with Gasteiger partial charge >= 0.3 is 0 Å². The Bertz CT molecular complexity index is 376. The van der Waals surface area contributed by atoms with Gasteiger partial charge in [0.15, 0.2) is 0 Å². The third kappa shape index (κ3) is 4.32. The van der Waals surface area contributed by atoms with Gasteiger partial charge in [-0.2, -0.15) is 0 Å². The largest absolute Gasteiger partial charge is 0.393 e. The maximum absolute atomic E-state index is 9.82. The van der Waals surface area contributed by atoms with E-state index in [4.69, 9.17) is 0 Å². The Balaban J connectivity index is 1.97. The first kappa shape index (κ1) is 15.5. The van der Waals surface area contributed by atoms with Crippen LogP contribution in [-0.2, 0) is 0 Å². The normalized spacial score (nSPS) is 23.4. The number of benzene rings is 1. The van der Waals surface area contributed by atoms with Crippen LogP contribution < -0.4 is 0 Å². The lowest BCUT2D eigenvalue weighted by molar-refractivity contribution is 0.0599. The molecule has 0 bridgehead atoms. The fraction of sp³-hybridized carbons (Fsp3) is 0.667. The monoisotopic (exact) mass is 275 g/mol. The molecule has 1 saturated heterocycles.